The van der Waals surface area contributed by atoms with Gasteiger partial charge in [0, 0.05) is 0 Å². The highest BCUT2D eigenvalue weighted by Gasteiger charge is 2.14. The third-order valence-corrected chi connectivity index (χ3v) is 3.41. The van der Waals surface area contributed by atoms with Crippen LogP contribution in [0.25, 0.3) is 10.2 Å². The van der Waals surface area contributed by atoms with Gasteiger partial charge in [0.2, 0.25) is 5.91 Å². The lowest BCUT2D eigenvalue weighted by atomic mass is 10.2. The third kappa shape index (κ3) is 2.81. The number of para-hydroxylation sites is 1. The van der Waals surface area contributed by atoms with Gasteiger partial charge in [-0.15, -0.1) is 0 Å². The molecule has 1 atom stereocenters. The topological polar surface area (TPSA) is 68.0 Å². The van der Waals surface area contributed by atoms with E-state index >= 15 is 0 Å². The van der Waals surface area contributed by atoms with Gasteiger partial charge in [0.15, 0.2) is 5.13 Å². The minimum atomic E-state index is -0.452. The van der Waals surface area contributed by atoms with E-state index in [2.05, 4.69) is 10.3 Å². The zero-order chi connectivity index (χ0) is 12.3. The molecule has 1 amide bonds. The summed E-state index contributed by atoms with van der Waals surface area (Å²) in [5.41, 5.74) is 6.63. The fourth-order valence-electron chi connectivity index (χ4n) is 1.57. The molecule has 90 valence electrons. The molecule has 4 nitrogen and oxygen atoms in total. The maximum atomic E-state index is 11.7. The molecule has 0 radical (unpaired) electrons. The maximum absolute atomic E-state index is 11.7. The highest BCUT2D eigenvalue weighted by molar-refractivity contribution is 7.22. The summed E-state index contributed by atoms with van der Waals surface area (Å²) in [6, 6.07) is 7.33. The van der Waals surface area contributed by atoms with E-state index < -0.39 is 6.04 Å². The quantitative estimate of drug-likeness (QED) is 0.874. The summed E-state index contributed by atoms with van der Waals surface area (Å²) in [7, 11) is 0. The van der Waals surface area contributed by atoms with Crippen molar-refractivity contribution in [3.05, 3.63) is 24.3 Å². The molecule has 1 aromatic heterocycles. The Balaban J connectivity index is 2.10. The summed E-state index contributed by atoms with van der Waals surface area (Å²) < 4.78 is 1.06. The molecule has 0 aliphatic carbocycles. The number of nitrogens with two attached hydrogens (primary N) is 1. The van der Waals surface area contributed by atoms with Crippen LogP contribution in [0.15, 0.2) is 24.3 Å². The number of anilines is 1. The summed E-state index contributed by atoms with van der Waals surface area (Å²) in [6.07, 6.45) is 1.59. The Morgan fingerprint density at radius 1 is 1.53 bits per heavy atom. The van der Waals surface area contributed by atoms with Gasteiger partial charge >= 0.3 is 0 Å². The Morgan fingerprint density at radius 3 is 3.00 bits per heavy atom. The van der Waals surface area contributed by atoms with Crippen molar-refractivity contribution in [2.45, 2.75) is 25.8 Å². The molecule has 2 rings (SSSR count). The second-order valence-electron chi connectivity index (χ2n) is 3.87. The van der Waals surface area contributed by atoms with Gasteiger partial charge in [-0.25, -0.2) is 4.98 Å². The van der Waals surface area contributed by atoms with Gasteiger partial charge in [0.25, 0.3) is 0 Å². The molecular formula is C12H15N3OS. The Hall–Kier alpha value is -1.46. The van der Waals surface area contributed by atoms with Gasteiger partial charge in [0.1, 0.15) is 0 Å². The van der Waals surface area contributed by atoms with Crippen LogP contribution in [-0.2, 0) is 4.79 Å². The molecule has 0 bridgehead atoms. The number of thiazole rings is 1. The lowest BCUT2D eigenvalue weighted by Gasteiger charge is -2.08. The summed E-state index contributed by atoms with van der Waals surface area (Å²) in [5, 5.41) is 3.37. The van der Waals surface area contributed by atoms with Crippen LogP contribution >= 0.6 is 11.3 Å². The fraction of sp³-hybridized carbons (Fsp3) is 0.333. The van der Waals surface area contributed by atoms with Gasteiger partial charge in [-0.05, 0) is 18.6 Å². The number of aromatic nitrogens is 1. The van der Waals surface area contributed by atoms with Crippen LogP contribution in [0.2, 0.25) is 0 Å². The Morgan fingerprint density at radius 2 is 2.29 bits per heavy atom. The van der Waals surface area contributed by atoms with E-state index in [9.17, 15) is 4.79 Å². The van der Waals surface area contributed by atoms with Crippen molar-refractivity contribution in [1.82, 2.24) is 4.98 Å². The Kier molecular flexibility index (Phi) is 3.71. The fourth-order valence-corrected chi connectivity index (χ4v) is 2.43. The van der Waals surface area contributed by atoms with E-state index in [1.807, 2.05) is 31.2 Å². The number of benzene rings is 1. The minimum Gasteiger partial charge on any atom is -0.320 e. The number of hydrogen-bond donors (Lipinski definition) is 2. The van der Waals surface area contributed by atoms with Crippen molar-refractivity contribution in [3.8, 4) is 0 Å². The molecule has 0 aliphatic rings. The Bertz CT molecular complexity index is 490. The molecule has 0 saturated heterocycles. The van der Waals surface area contributed by atoms with E-state index in [4.69, 9.17) is 5.73 Å². The largest absolute Gasteiger partial charge is 0.320 e. The van der Waals surface area contributed by atoms with E-state index in [1.165, 1.54) is 11.3 Å². The van der Waals surface area contributed by atoms with Crippen molar-refractivity contribution in [2.75, 3.05) is 5.32 Å². The predicted molar refractivity (Wildman–Crippen MR) is 71.1 cm³/mol. The van der Waals surface area contributed by atoms with Crippen molar-refractivity contribution < 1.29 is 4.79 Å². The number of nitrogens with one attached hydrogen (secondary N) is 1. The molecule has 5 heteroatoms. The highest BCUT2D eigenvalue weighted by atomic mass is 32.1. The number of amides is 1. The van der Waals surface area contributed by atoms with E-state index in [0.29, 0.717) is 11.6 Å². The molecule has 0 saturated carbocycles. The molecule has 2 aromatic rings. The van der Waals surface area contributed by atoms with Gasteiger partial charge in [0.05, 0.1) is 16.3 Å². The van der Waals surface area contributed by atoms with Crippen LogP contribution in [0.1, 0.15) is 19.8 Å². The molecular weight excluding hydrogens is 234 g/mol. The lowest BCUT2D eigenvalue weighted by molar-refractivity contribution is -0.117. The van der Waals surface area contributed by atoms with Gasteiger partial charge < -0.3 is 11.1 Å². The molecule has 3 N–H and O–H groups in total. The summed E-state index contributed by atoms with van der Waals surface area (Å²) in [4.78, 5) is 16.0. The number of carbonyl (C=O) groups excluding carboxylic acids is 1. The van der Waals surface area contributed by atoms with Crippen LogP contribution in [0, 0.1) is 0 Å². The lowest BCUT2D eigenvalue weighted by Crippen LogP contribution is -2.35. The van der Waals surface area contributed by atoms with Crippen molar-refractivity contribution in [2.24, 2.45) is 5.73 Å². The van der Waals surface area contributed by atoms with Gasteiger partial charge in [-0.1, -0.05) is 36.8 Å². The third-order valence-electron chi connectivity index (χ3n) is 2.46. The average Bonchev–Trinajstić information content (AvgIpc) is 2.71. The standard InChI is InChI=1S/C12H15N3OS/c1-2-5-8(13)11(16)15-12-14-9-6-3-4-7-10(9)17-12/h3-4,6-8H,2,5,13H2,1H3,(H,14,15,16). The van der Waals surface area contributed by atoms with Crippen LogP contribution in [0.4, 0.5) is 5.13 Å². The van der Waals surface area contributed by atoms with Crippen molar-refractivity contribution >= 4 is 32.6 Å². The number of nitrogens with zero attached hydrogens (tertiary/aromatic N) is 1. The predicted octanol–water partition coefficient (Wildman–Crippen LogP) is 2.36. The Labute approximate surface area is 104 Å². The average molecular weight is 249 g/mol. The summed E-state index contributed by atoms with van der Waals surface area (Å²) in [5.74, 6) is -0.161. The van der Waals surface area contributed by atoms with E-state index in [1.54, 1.807) is 0 Å². The van der Waals surface area contributed by atoms with E-state index in [-0.39, 0.29) is 5.91 Å². The minimum absolute atomic E-state index is 0.161. The van der Waals surface area contributed by atoms with Gasteiger partial charge in [-0.2, -0.15) is 0 Å². The van der Waals surface area contributed by atoms with Crippen LogP contribution < -0.4 is 11.1 Å². The van der Waals surface area contributed by atoms with Crippen LogP contribution in [0.5, 0.6) is 0 Å². The monoisotopic (exact) mass is 249 g/mol. The molecule has 0 spiro atoms. The first-order valence-corrected chi connectivity index (χ1v) is 6.44. The molecule has 0 fully saturated rings. The van der Waals surface area contributed by atoms with Gasteiger partial charge in [-0.3, -0.25) is 4.79 Å². The second kappa shape index (κ2) is 5.25. The van der Waals surface area contributed by atoms with Crippen LogP contribution in [0.3, 0.4) is 0 Å². The van der Waals surface area contributed by atoms with Crippen LogP contribution in [-0.4, -0.2) is 16.9 Å². The molecule has 1 heterocycles. The smallest absolute Gasteiger partial charge is 0.243 e. The number of carbonyl (C=O) groups is 1. The number of fused-ring (bicyclic) bond motifs is 1. The SMILES string of the molecule is CCCC(N)C(=O)Nc1nc2ccccc2s1. The molecule has 1 aromatic carbocycles. The summed E-state index contributed by atoms with van der Waals surface area (Å²) >= 11 is 1.46. The van der Waals surface area contributed by atoms with Crippen molar-refractivity contribution in [1.29, 1.82) is 0 Å². The molecule has 17 heavy (non-hydrogen) atoms. The second-order valence-corrected chi connectivity index (χ2v) is 4.90. The maximum Gasteiger partial charge on any atom is 0.243 e. The number of hydrogen-bond acceptors (Lipinski definition) is 4. The first-order valence-electron chi connectivity index (χ1n) is 5.62. The summed E-state index contributed by atoms with van der Waals surface area (Å²) in [6.45, 7) is 2.00. The first kappa shape index (κ1) is 12.0. The normalized spacial score (nSPS) is 12.6. The van der Waals surface area contributed by atoms with Crippen molar-refractivity contribution in [3.63, 3.8) is 0 Å². The highest BCUT2D eigenvalue weighted by Crippen LogP contribution is 2.25. The number of rotatable bonds is 4. The zero-order valence-corrected chi connectivity index (χ0v) is 10.5. The molecule has 0 aliphatic heterocycles. The molecule has 1 unspecified atom stereocenters. The van der Waals surface area contributed by atoms with E-state index in [0.717, 1.165) is 16.6 Å². The first-order chi connectivity index (χ1) is 8.20. The zero-order valence-electron chi connectivity index (χ0n) is 9.64.